The molecule has 0 bridgehead atoms. The Morgan fingerprint density at radius 3 is 1.88 bits per heavy atom. The van der Waals surface area contributed by atoms with E-state index >= 15 is 0 Å². The second kappa shape index (κ2) is 18.1. The van der Waals surface area contributed by atoms with Crippen molar-refractivity contribution < 1.29 is 37.2 Å². The Morgan fingerprint density at radius 2 is 1.15 bits per heavy atom. The number of rotatable bonds is 6. The molecule has 9 aromatic carbocycles. The maximum absolute atomic E-state index is 9.26. The quantitative estimate of drug-likeness (QED) is 0.123. The number of hydrogen-bond acceptors (Lipinski definition) is 2. The summed E-state index contributed by atoms with van der Waals surface area (Å²) in [4.78, 5) is 4.88. The summed E-state index contributed by atoms with van der Waals surface area (Å²) < 4.78 is 57.6. The Balaban J connectivity index is 0.00000623. The molecule has 74 heavy (non-hydrogen) atoms. The van der Waals surface area contributed by atoms with Crippen LogP contribution in [0.5, 0.6) is 11.5 Å². The Bertz CT molecular complexity index is 4420. The summed E-state index contributed by atoms with van der Waals surface area (Å²) in [5.74, 6) is 1.71. The molecule has 0 atom stereocenters. The summed E-state index contributed by atoms with van der Waals surface area (Å²) in [7, 11) is 0. The Morgan fingerprint density at radius 1 is 0.514 bits per heavy atom. The molecule has 0 spiro atoms. The van der Waals surface area contributed by atoms with Crippen LogP contribution in [0, 0.1) is 18.5 Å². The van der Waals surface area contributed by atoms with Crippen LogP contribution in [0.3, 0.4) is 0 Å². The van der Waals surface area contributed by atoms with E-state index in [2.05, 4.69) is 178 Å². The van der Waals surface area contributed by atoms with Gasteiger partial charge in [0.05, 0.1) is 23.6 Å². The summed E-state index contributed by atoms with van der Waals surface area (Å²) in [5.41, 5.74) is 15.3. The summed E-state index contributed by atoms with van der Waals surface area (Å²) in [6, 6.07) is 63.5. The number of imidazole rings is 1. The zero-order chi connectivity index (χ0) is 53.9. The van der Waals surface area contributed by atoms with Crippen molar-refractivity contribution in [2.45, 2.75) is 52.4 Å². The molecule has 0 amide bonds. The molecule has 362 valence electrons. The fourth-order valence-electron chi connectivity index (χ4n) is 10.5. The van der Waals surface area contributed by atoms with Crippen molar-refractivity contribution in [1.29, 1.82) is 0 Å². The third kappa shape index (κ3) is 7.98. The first-order valence-corrected chi connectivity index (χ1v) is 24.7. The van der Waals surface area contributed by atoms with Crippen molar-refractivity contribution in [3.8, 4) is 84.3 Å². The topological polar surface area (TPSA) is 35.9 Å². The largest absolute Gasteiger partial charge is 0.510 e. The van der Waals surface area contributed by atoms with E-state index in [1.807, 2.05) is 71.4 Å². The second-order valence-electron chi connectivity index (χ2n) is 20.9. The number of benzene rings is 9. The van der Waals surface area contributed by atoms with Gasteiger partial charge in [-0.3, -0.25) is 4.57 Å². The molecule has 1 aliphatic heterocycles. The van der Waals surface area contributed by atoms with Crippen LogP contribution in [0.25, 0.3) is 106 Å². The van der Waals surface area contributed by atoms with Gasteiger partial charge in [0.2, 0.25) is 0 Å². The second-order valence-corrected chi connectivity index (χ2v) is 20.9. The predicted octanol–water partition coefficient (Wildman–Crippen LogP) is 16.8. The first-order chi connectivity index (χ1) is 37.5. The minimum Gasteiger partial charge on any atom is -0.510 e. The summed E-state index contributed by atoms with van der Waals surface area (Å²) in [5, 5.41) is 2.10. The van der Waals surface area contributed by atoms with E-state index < -0.39 is 18.1 Å². The number of ether oxygens (including phenoxy) is 1. The monoisotopic (exact) mass is 1140 g/mol. The van der Waals surface area contributed by atoms with E-state index in [1.165, 1.54) is 11.1 Å². The SMILES string of the molecule is [2H]c1c([2H])c([2H])c(-c2cc3c4c(c2)n(-c2[c-]c(Oc5[c-]c6c(cc5)c5ccccc5n6-c5cc(C(C)(C)C)ccn5)ccc2)[c-][n+]4-c2c(-c4ccc(C(C)(C)C)cc4)cccc2-c2ccccc2-c2ccccc2-3)c([2H])c1[2H].[Pt]. The molecule has 6 heteroatoms. The van der Waals surface area contributed by atoms with E-state index in [-0.39, 0.29) is 49.5 Å². The molecule has 4 heterocycles. The van der Waals surface area contributed by atoms with Crippen LogP contribution >= 0.6 is 0 Å². The number of aromatic nitrogens is 4. The van der Waals surface area contributed by atoms with Gasteiger partial charge in [-0.05, 0) is 113 Å². The molecule has 0 radical (unpaired) electrons. The van der Waals surface area contributed by atoms with E-state index in [0.717, 1.165) is 83.3 Å². The minimum atomic E-state index is -0.451. The molecule has 1 aliphatic rings. The fourth-order valence-corrected chi connectivity index (χ4v) is 10.5. The van der Waals surface area contributed by atoms with E-state index in [0.29, 0.717) is 28.3 Å². The maximum Gasteiger partial charge on any atom is 0.268 e. The average molecular weight is 1140 g/mol. The van der Waals surface area contributed by atoms with Crippen LogP contribution in [-0.4, -0.2) is 14.1 Å². The first kappa shape index (κ1) is 41.4. The molecular formula is C68H52N4OPt-2. The van der Waals surface area contributed by atoms with Gasteiger partial charge in [-0.2, -0.15) is 18.2 Å². The van der Waals surface area contributed by atoms with Gasteiger partial charge < -0.3 is 13.9 Å². The van der Waals surface area contributed by atoms with E-state index in [4.69, 9.17) is 13.8 Å². The van der Waals surface area contributed by atoms with Crippen molar-refractivity contribution in [3.05, 3.63) is 236 Å². The molecule has 0 aliphatic carbocycles. The molecule has 0 unspecified atom stereocenters. The van der Waals surface area contributed by atoms with E-state index in [9.17, 15) is 2.74 Å². The van der Waals surface area contributed by atoms with Crippen molar-refractivity contribution in [3.63, 3.8) is 0 Å². The van der Waals surface area contributed by atoms with Gasteiger partial charge in [0, 0.05) is 44.3 Å². The van der Waals surface area contributed by atoms with Crippen molar-refractivity contribution in [2.75, 3.05) is 0 Å². The standard InChI is InChI=1S/C68H52N4O.Pt/c1-67(2,3)47-32-30-45(31-33-47)52-27-17-28-59-55-24-12-10-22-53(55)54-23-11-13-25-56(54)60-38-46(44-18-8-7-9-19-44)39-63-66(60)71(65(52)59)43-70(63)49-20-16-21-50(41-49)73-51-34-35-58-57-26-14-15-29-61(57)72(62(58)42-51)64-40-48(36-37-69-64)68(4,5)6;/h7-40H,1-6H3;/q-2;/i7D,8D,9D,18D,19D;. The van der Waals surface area contributed by atoms with Gasteiger partial charge in [0.1, 0.15) is 5.82 Å². The maximum atomic E-state index is 9.26. The third-order valence-electron chi connectivity index (χ3n) is 14.2. The normalized spacial score (nSPS) is 13.0. The number of pyridine rings is 1. The zero-order valence-electron chi connectivity index (χ0n) is 46.8. The number of fused-ring (bicyclic) bond motifs is 10. The minimum absolute atomic E-state index is 0. The van der Waals surface area contributed by atoms with Crippen LogP contribution in [0.4, 0.5) is 0 Å². The van der Waals surface area contributed by atoms with Gasteiger partial charge >= 0.3 is 0 Å². The molecule has 5 nitrogen and oxygen atoms in total. The molecule has 13 rings (SSSR count). The van der Waals surface area contributed by atoms with E-state index in [1.54, 1.807) is 0 Å². The Kier molecular flexibility index (Phi) is 10.1. The van der Waals surface area contributed by atoms with Crippen molar-refractivity contribution >= 4 is 32.8 Å². The zero-order valence-corrected chi connectivity index (χ0v) is 44.0. The van der Waals surface area contributed by atoms with Crippen LogP contribution in [0.2, 0.25) is 0 Å². The van der Waals surface area contributed by atoms with Crippen LogP contribution in [-0.2, 0) is 31.9 Å². The van der Waals surface area contributed by atoms with Gasteiger partial charge in [0.15, 0.2) is 0 Å². The van der Waals surface area contributed by atoms with Crippen LogP contribution in [0.1, 0.15) is 59.5 Å². The number of para-hydroxylation sites is 2. The number of hydrogen-bond donors (Lipinski definition) is 0. The van der Waals surface area contributed by atoms with Crippen molar-refractivity contribution in [2.24, 2.45) is 0 Å². The molecule has 0 fully saturated rings. The number of nitrogens with zero attached hydrogens (tertiary/aromatic N) is 4. The molecular weight excluding hydrogens is 1080 g/mol. The van der Waals surface area contributed by atoms with Gasteiger partial charge in [0.25, 0.3) is 6.33 Å². The Labute approximate surface area is 454 Å². The molecule has 12 aromatic rings. The molecule has 3 aromatic heterocycles. The fraction of sp³-hybridized carbons (Fsp3) is 0.118. The Hall–Kier alpha value is -8.11. The molecule has 0 saturated carbocycles. The molecule has 0 saturated heterocycles. The average Bonchev–Trinajstić information content (AvgIpc) is 4.02. The molecule has 0 N–H and O–H groups in total. The predicted molar refractivity (Wildman–Crippen MR) is 298 cm³/mol. The summed E-state index contributed by atoms with van der Waals surface area (Å²) >= 11 is 0. The smallest absolute Gasteiger partial charge is 0.268 e. The van der Waals surface area contributed by atoms with Crippen molar-refractivity contribution in [1.82, 2.24) is 14.1 Å². The third-order valence-corrected chi connectivity index (χ3v) is 14.2. The van der Waals surface area contributed by atoms with Gasteiger partial charge in [-0.1, -0.05) is 193 Å². The van der Waals surface area contributed by atoms with Crippen LogP contribution in [0.15, 0.2) is 206 Å². The van der Waals surface area contributed by atoms with Gasteiger partial charge in [-0.15, -0.1) is 29.7 Å². The summed E-state index contributed by atoms with van der Waals surface area (Å²) in [6.45, 7) is 13.3. The van der Waals surface area contributed by atoms with Crippen LogP contribution < -0.4 is 9.30 Å². The summed E-state index contributed by atoms with van der Waals surface area (Å²) in [6.07, 6.45) is 5.72. The first-order valence-electron chi connectivity index (χ1n) is 27.2. The van der Waals surface area contributed by atoms with Gasteiger partial charge in [-0.25, -0.2) is 4.98 Å².